The van der Waals surface area contributed by atoms with Crippen LogP contribution in [0.4, 0.5) is 4.39 Å². The SMILES string of the molecule is N#Cc1ccc(S(=O)(=O)N2CCC(C(=O)NCCc3cccc(F)c3)CC2)cc1. The highest BCUT2D eigenvalue weighted by Crippen LogP contribution is 2.24. The van der Waals surface area contributed by atoms with Crippen molar-refractivity contribution in [3.05, 3.63) is 65.5 Å². The number of amides is 1. The molecular formula is C21H22FN3O3S. The Bertz CT molecular complexity index is 1010. The van der Waals surface area contributed by atoms with E-state index < -0.39 is 10.0 Å². The largest absolute Gasteiger partial charge is 0.356 e. The number of nitrogens with one attached hydrogen (secondary N) is 1. The molecule has 2 aromatic rings. The summed E-state index contributed by atoms with van der Waals surface area (Å²) in [6.07, 6.45) is 1.43. The maximum Gasteiger partial charge on any atom is 0.243 e. The number of sulfonamides is 1. The lowest BCUT2D eigenvalue weighted by Gasteiger charge is -2.30. The second-order valence-corrected chi connectivity index (χ2v) is 8.92. The smallest absolute Gasteiger partial charge is 0.243 e. The van der Waals surface area contributed by atoms with Gasteiger partial charge in [0.1, 0.15) is 5.82 Å². The number of nitrogens with zero attached hydrogens (tertiary/aromatic N) is 2. The van der Waals surface area contributed by atoms with Gasteiger partial charge in [0.05, 0.1) is 16.5 Å². The van der Waals surface area contributed by atoms with Crippen molar-refractivity contribution in [1.29, 1.82) is 5.26 Å². The van der Waals surface area contributed by atoms with Crippen molar-refractivity contribution in [3.8, 4) is 6.07 Å². The van der Waals surface area contributed by atoms with Crippen LogP contribution in [0.5, 0.6) is 0 Å². The second-order valence-electron chi connectivity index (χ2n) is 6.99. The Hall–Kier alpha value is -2.76. The molecule has 0 atom stereocenters. The summed E-state index contributed by atoms with van der Waals surface area (Å²) in [5.74, 6) is -0.642. The number of piperidine rings is 1. The zero-order valence-electron chi connectivity index (χ0n) is 15.8. The van der Waals surface area contributed by atoms with Crippen molar-refractivity contribution in [2.45, 2.75) is 24.2 Å². The van der Waals surface area contributed by atoms with Crippen LogP contribution in [0.2, 0.25) is 0 Å². The molecule has 29 heavy (non-hydrogen) atoms. The molecule has 1 aliphatic heterocycles. The van der Waals surface area contributed by atoms with Gasteiger partial charge in [-0.05, 0) is 61.2 Å². The summed E-state index contributed by atoms with van der Waals surface area (Å²) in [6.45, 7) is 0.945. The normalized spacial score (nSPS) is 15.6. The first-order valence-corrected chi connectivity index (χ1v) is 10.9. The van der Waals surface area contributed by atoms with Crippen molar-refractivity contribution >= 4 is 15.9 Å². The van der Waals surface area contributed by atoms with E-state index in [1.165, 1.54) is 40.7 Å². The quantitative estimate of drug-likeness (QED) is 0.785. The predicted molar refractivity (Wildman–Crippen MR) is 106 cm³/mol. The van der Waals surface area contributed by atoms with Gasteiger partial charge < -0.3 is 5.32 Å². The van der Waals surface area contributed by atoms with E-state index in [-0.39, 0.29) is 35.6 Å². The molecule has 6 nitrogen and oxygen atoms in total. The fourth-order valence-electron chi connectivity index (χ4n) is 3.38. The third-order valence-corrected chi connectivity index (χ3v) is 6.96. The number of nitriles is 1. The van der Waals surface area contributed by atoms with Crippen molar-refractivity contribution in [2.24, 2.45) is 5.92 Å². The summed E-state index contributed by atoms with van der Waals surface area (Å²) in [5.41, 5.74) is 1.21. The van der Waals surface area contributed by atoms with E-state index >= 15 is 0 Å². The van der Waals surface area contributed by atoms with Gasteiger partial charge in [0, 0.05) is 25.6 Å². The lowest BCUT2D eigenvalue weighted by Crippen LogP contribution is -2.43. The van der Waals surface area contributed by atoms with Gasteiger partial charge in [-0.15, -0.1) is 0 Å². The van der Waals surface area contributed by atoms with Crippen LogP contribution in [0.1, 0.15) is 24.0 Å². The Labute approximate surface area is 170 Å². The molecule has 8 heteroatoms. The number of halogens is 1. The first-order valence-electron chi connectivity index (χ1n) is 9.42. The minimum Gasteiger partial charge on any atom is -0.356 e. The van der Waals surface area contributed by atoms with Gasteiger partial charge >= 0.3 is 0 Å². The van der Waals surface area contributed by atoms with Crippen LogP contribution in [-0.2, 0) is 21.2 Å². The van der Waals surface area contributed by atoms with Crippen LogP contribution >= 0.6 is 0 Å². The van der Waals surface area contributed by atoms with Gasteiger partial charge in [-0.25, -0.2) is 12.8 Å². The molecule has 0 aromatic heterocycles. The van der Waals surface area contributed by atoms with E-state index in [1.807, 2.05) is 12.1 Å². The van der Waals surface area contributed by atoms with Gasteiger partial charge in [0.2, 0.25) is 15.9 Å². The highest BCUT2D eigenvalue weighted by Gasteiger charge is 2.31. The van der Waals surface area contributed by atoms with E-state index in [1.54, 1.807) is 6.07 Å². The number of benzene rings is 2. The minimum atomic E-state index is -3.64. The molecule has 1 aliphatic rings. The molecule has 1 heterocycles. The Balaban J connectivity index is 1.50. The molecule has 1 fully saturated rings. The molecule has 0 radical (unpaired) electrons. The Morgan fingerprint density at radius 3 is 2.48 bits per heavy atom. The molecule has 0 unspecified atom stereocenters. The topological polar surface area (TPSA) is 90.3 Å². The van der Waals surface area contributed by atoms with Crippen LogP contribution < -0.4 is 5.32 Å². The summed E-state index contributed by atoms with van der Waals surface area (Å²) in [5, 5.41) is 11.7. The lowest BCUT2D eigenvalue weighted by molar-refractivity contribution is -0.126. The van der Waals surface area contributed by atoms with E-state index in [0.29, 0.717) is 31.4 Å². The molecule has 0 spiro atoms. The van der Waals surface area contributed by atoms with Crippen LogP contribution in [0, 0.1) is 23.1 Å². The average Bonchev–Trinajstić information content (AvgIpc) is 2.74. The molecule has 2 aromatic carbocycles. The van der Waals surface area contributed by atoms with Crippen LogP contribution in [0.3, 0.4) is 0 Å². The van der Waals surface area contributed by atoms with Gasteiger partial charge in [-0.1, -0.05) is 12.1 Å². The molecule has 0 bridgehead atoms. The average molecular weight is 415 g/mol. The lowest BCUT2D eigenvalue weighted by atomic mass is 9.97. The van der Waals surface area contributed by atoms with Crippen molar-refractivity contribution < 1.29 is 17.6 Å². The summed E-state index contributed by atoms with van der Waals surface area (Å²) < 4.78 is 40.0. The fourth-order valence-corrected chi connectivity index (χ4v) is 4.85. The molecule has 1 amide bonds. The van der Waals surface area contributed by atoms with Crippen molar-refractivity contribution in [2.75, 3.05) is 19.6 Å². The number of rotatable bonds is 6. The third kappa shape index (κ3) is 5.19. The summed E-state index contributed by atoms with van der Waals surface area (Å²) in [6, 6.07) is 14.0. The van der Waals surface area contributed by atoms with Crippen LogP contribution in [0.15, 0.2) is 53.4 Å². The number of hydrogen-bond donors (Lipinski definition) is 1. The van der Waals surface area contributed by atoms with Crippen molar-refractivity contribution in [3.63, 3.8) is 0 Å². The highest BCUT2D eigenvalue weighted by molar-refractivity contribution is 7.89. The first kappa shape index (κ1) is 21.0. The molecule has 1 N–H and O–H groups in total. The maximum absolute atomic E-state index is 13.2. The number of carbonyl (C=O) groups is 1. The monoisotopic (exact) mass is 415 g/mol. The highest BCUT2D eigenvalue weighted by atomic mass is 32.2. The Morgan fingerprint density at radius 2 is 1.86 bits per heavy atom. The zero-order chi connectivity index (χ0) is 20.9. The Morgan fingerprint density at radius 1 is 1.17 bits per heavy atom. The predicted octanol–water partition coefficient (Wildman–Crippen LogP) is 2.46. The van der Waals surface area contributed by atoms with Crippen LogP contribution in [-0.4, -0.2) is 38.3 Å². The number of carbonyl (C=O) groups excluding carboxylic acids is 1. The van der Waals surface area contributed by atoms with E-state index in [2.05, 4.69) is 5.32 Å². The van der Waals surface area contributed by atoms with E-state index in [9.17, 15) is 17.6 Å². The molecule has 0 saturated carbocycles. The minimum absolute atomic E-state index is 0.100. The van der Waals surface area contributed by atoms with E-state index in [4.69, 9.17) is 5.26 Å². The van der Waals surface area contributed by atoms with Crippen LogP contribution in [0.25, 0.3) is 0 Å². The van der Waals surface area contributed by atoms with Crippen molar-refractivity contribution in [1.82, 2.24) is 9.62 Å². The summed E-state index contributed by atoms with van der Waals surface area (Å²) in [7, 11) is -3.64. The maximum atomic E-state index is 13.2. The first-order chi connectivity index (χ1) is 13.9. The Kier molecular flexibility index (Phi) is 6.62. The van der Waals surface area contributed by atoms with Gasteiger partial charge in [-0.3, -0.25) is 4.79 Å². The molecule has 152 valence electrons. The molecular weight excluding hydrogens is 393 g/mol. The standard InChI is InChI=1S/C21H22FN3O3S/c22-19-3-1-2-16(14-19)8-11-24-21(26)18-9-12-25(13-10-18)29(27,28)20-6-4-17(15-23)5-7-20/h1-7,14,18H,8-13H2,(H,24,26). The molecule has 1 saturated heterocycles. The third-order valence-electron chi connectivity index (χ3n) is 5.05. The summed E-state index contributed by atoms with van der Waals surface area (Å²) in [4.78, 5) is 12.5. The van der Waals surface area contributed by atoms with Gasteiger partial charge in [0.15, 0.2) is 0 Å². The zero-order valence-corrected chi connectivity index (χ0v) is 16.7. The molecule has 0 aliphatic carbocycles. The van der Waals surface area contributed by atoms with Gasteiger partial charge in [0.25, 0.3) is 0 Å². The number of hydrogen-bond acceptors (Lipinski definition) is 4. The van der Waals surface area contributed by atoms with E-state index in [0.717, 1.165) is 5.56 Å². The van der Waals surface area contributed by atoms with Gasteiger partial charge in [-0.2, -0.15) is 9.57 Å². The second kappa shape index (κ2) is 9.16. The molecule has 3 rings (SSSR count). The summed E-state index contributed by atoms with van der Waals surface area (Å²) >= 11 is 0. The fraction of sp³-hybridized carbons (Fsp3) is 0.333.